The van der Waals surface area contributed by atoms with Gasteiger partial charge in [-0.1, -0.05) is 18.2 Å². The number of rotatable bonds is 5. The number of nitrogens with zero attached hydrogens (tertiary/aromatic N) is 1. The summed E-state index contributed by atoms with van der Waals surface area (Å²) in [7, 11) is 0. The molecule has 1 atom stereocenters. The first-order valence-corrected chi connectivity index (χ1v) is 3.56. The van der Waals surface area contributed by atoms with Gasteiger partial charge in [0.1, 0.15) is 0 Å². The maximum Gasteiger partial charge on any atom is 0.210 e. The Balaban J connectivity index is 3.87. The van der Waals surface area contributed by atoms with Crippen molar-refractivity contribution >= 4 is 0 Å². The maximum atomic E-state index is 10.1. The fourth-order valence-corrected chi connectivity index (χ4v) is 0.892. The Hall–Kier alpha value is -1.12. The Morgan fingerprint density at radius 1 is 1.73 bits per heavy atom. The van der Waals surface area contributed by atoms with Crippen LogP contribution in [0.25, 0.3) is 0 Å². The molecule has 11 heavy (non-hydrogen) atoms. The monoisotopic (exact) mass is 155 g/mol. The predicted molar refractivity (Wildman–Crippen MR) is 45.0 cm³/mol. The molecule has 0 unspecified atom stereocenters. The first kappa shape index (κ1) is 9.88. The molecule has 0 aliphatic heterocycles. The quantitative estimate of drug-likeness (QED) is 0.346. The third kappa shape index (κ3) is 5.33. The van der Waals surface area contributed by atoms with Crippen molar-refractivity contribution in [1.82, 2.24) is 0 Å². The zero-order chi connectivity index (χ0) is 8.69. The van der Waals surface area contributed by atoms with E-state index in [0.717, 1.165) is 0 Å². The lowest BCUT2D eigenvalue weighted by atomic mass is 10.1. The molecule has 0 N–H and O–H groups in total. The minimum Gasteiger partial charge on any atom is -0.265 e. The van der Waals surface area contributed by atoms with Crippen LogP contribution in [0.4, 0.5) is 0 Å². The number of hydrogen-bond donors (Lipinski definition) is 0. The van der Waals surface area contributed by atoms with Crippen LogP contribution >= 0.6 is 0 Å². The maximum absolute atomic E-state index is 10.1. The SMILES string of the molecule is C=CC[C@@H](/C=C/C)C[N+](=O)[O-]. The molecule has 0 aromatic heterocycles. The van der Waals surface area contributed by atoms with E-state index >= 15 is 0 Å². The lowest BCUT2D eigenvalue weighted by molar-refractivity contribution is -0.485. The van der Waals surface area contributed by atoms with Crippen LogP contribution in [-0.2, 0) is 0 Å². The molecule has 0 bridgehead atoms. The third-order valence-corrected chi connectivity index (χ3v) is 1.32. The van der Waals surface area contributed by atoms with Crippen molar-refractivity contribution in [2.45, 2.75) is 13.3 Å². The number of hydrogen-bond acceptors (Lipinski definition) is 2. The molecule has 0 amide bonds. The van der Waals surface area contributed by atoms with Crippen LogP contribution in [0, 0.1) is 16.0 Å². The van der Waals surface area contributed by atoms with Crippen molar-refractivity contribution in [3.8, 4) is 0 Å². The van der Waals surface area contributed by atoms with Gasteiger partial charge in [-0.25, -0.2) is 0 Å². The molecule has 0 heterocycles. The first-order valence-electron chi connectivity index (χ1n) is 3.56. The van der Waals surface area contributed by atoms with Gasteiger partial charge in [-0.05, 0) is 13.3 Å². The van der Waals surface area contributed by atoms with Gasteiger partial charge < -0.3 is 0 Å². The summed E-state index contributed by atoms with van der Waals surface area (Å²) >= 11 is 0. The van der Waals surface area contributed by atoms with Crippen molar-refractivity contribution < 1.29 is 4.92 Å². The summed E-state index contributed by atoms with van der Waals surface area (Å²) in [5, 5.41) is 10.1. The highest BCUT2D eigenvalue weighted by molar-refractivity contribution is 4.89. The van der Waals surface area contributed by atoms with Crippen LogP contribution in [0.5, 0.6) is 0 Å². The Morgan fingerprint density at radius 2 is 2.36 bits per heavy atom. The number of allylic oxidation sites excluding steroid dienone is 2. The highest BCUT2D eigenvalue weighted by atomic mass is 16.6. The second-order valence-electron chi connectivity index (χ2n) is 2.33. The van der Waals surface area contributed by atoms with Crippen LogP contribution in [0.1, 0.15) is 13.3 Å². The highest BCUT2D eigenvalue weighted by Crippen LogP contribution is 2.05. The van der Waals surface area contributed by atoms with Gasteiger partial charge in [-0.2, -0.15) is 0 Å². The third-order valence-electron chi connectivity index (χ3n) is 1.32. The zero-order valence-electron chi connectivity index (χ0n) is 6.69. The van der Waals surface area contributed by atoms with Crippen LogP contribution in [0.15, 0.2) is 24.8 Å². The fraction of sp³-hybridized carbons (Fsp3) is 0.500. The van der Waals surface area contributed by atoms with E-state index in [-0.39, 0.29) is 17.4 Å². The van der Waals surface area contributed by atoms with Crippen molar-refractivity contribution in [1.29, 1.82) is 0 Å². The van der Waals surface area contributed by atoms with Gasteiger partial charge in [-0.15, -0.1) is 6.58 Å². The summed E-state index contributed by atoms with van der Waals surface area (Å²) in [5.74, 6) is 0.00694. The minimum atomic E-state index is -0.297. The topological polar surface area (TPSA) is 43.1 Å². The molecular formula is C8H13NO2. The Bertz CT molecular complexity index is 163. The van der Waals surface area contributed by atoms with Crippen LogP contribution in [0.2, 0.25) is 0 Å². The van der Waals surface area contributed by atoms with Crippen LogP contribution in [0.3, 0.4) is 0 Å². The minimum absolute atomic E-state index is 0.00361. The molecule has 0 spiro atoms. The van der Waals surface area contributed by atoms with Crippen molar-refractivity contribution in [2.24, 2.45) is 5.92 Å². The van der Waals surface area contributed by atoms with Crippen molar-refractivity contribution in [3.05, 3.63) is 34.9 Å². The van der Waals surface area contributed by atoms with E-state index in [1.54, 1.807) is 6.08 Å². The van der Waals surface area contributed by atoms with Crippen molar-refractivity contribution in [3.63, 3.8) is 0 Å². The average Bonchev–Trinajstić information content (AvgIpc) is 1.87. The molecule has 0 aliphatic rings. The van der Waals surface area contributed by atoms with Gasteiger partial charge in [0.15, 0.2) is 0 Å². The normalized spacial score (nSPS) is 13.2. The molecule has 0 fully saturated rings. The fourth-order valence-electron chi connectivity index (χ4n) is 0.892. The summed E-state index contributed by atoms with van der Waals surface area (Å²) < 4.78 is 0. The zero-order valence-corrected chi connectivity index (χ0v) is 6.69. The van der Waals surface area contributed by atoms with Gasteiger partial charge in [0.2, 0.25) is 6.54 Å². The van der Waals surface area contributed by atoms with Crippen LogP contribution in [-0.4, -0.2) is 11.5 Å². The average molecular weight is 155 g/mol. The summed E-state index contributed by atoms with van der Waals surface area (Å²) in [4.78, 5) is 9.80. The van der Waals surface area contributed by atoms with Crippen molar-refractivity contribution in [2.75, 3.05) is 6.54 Å². The van der Waals surface area contributed by atoms with Gasteiger partial charge in [0, 0.05) is 10.8 Å². The molecule has 0 aromatic rings. The van der Waals surface area contributed by atoms with E-state index in [2.05, 4.69) is 6.58 Å². The summed E-state index contributed by atoms with van der Waals surface area (Å²) in [5.41, 5.74) is 0. The predicted octanol–water partition coefficient (Wildman–Crippen LogP) is 2.03. The standard InChI is InChI=1S/C8H13NO2/c1-3-5-8(6-4-2)7-9(10)11/h3-4,6,8H,1,5,7H2,2H3/b6-4+/t8-/m0/s1. The van der Waals surface area contributed by atoms with E-state index in [1.807, 2.05) is 19.1 Å². The van der Waals surface area contributed by atoms with Gasteiger partial charge in [0.05, 0.1) is 0 Å². The number of nitro groups is 1. The van der Waals surface area contributed by atoms with E-state index in [0.29, 0.717) is 6.42 Å². The molecule has 0 aromatic carbocycles. The van der Waals surface area contributed by atoms with E-state index in [1.165, 1.54) is 0 Å². The second kappa shape index (κ2) is 5.65. The summed E-state index contributed by atoms with van der Waals surface area (Å²) in [6, 6.07) is 0. The molecule has 0 aliphatic carbocycles. The van der Waals surface area contributed by atoms with E-state index in [4.69, 9.17) is 0 Å². The lowest BCUT2D eigenvalue weighted by Gasteiger charge is -2.02. The molecule has 3 heteroatoms. The second-order valence-corrected chi connectivity index (χ2v) is 2.33. The van der Waals surface area contributed by atoms with Crippen LogP contribution < -0.4 is 0 Å². The molecule has 0 saturated heterocycles. The van der Waals surface area contributed by atoms with Gasteiger partial charge in [-0.3, -0.25) is 10.1 Å². The molecule has 62 valence electrons. The summed E-state index contributed by atoms with van der Waals surface area (Å²) in [6.45, 7) is 5.39. The lowest BCUT2D eigenvalue weighted by Crippen LogP contribution is -2.11. The van der Waals surface area contributed by atoms with E-state index < -0.39 is 0 Å². The van der Waals surface area contributed by atoms with Gasteiger partial charge >= 0.3 is 0 Å². The van der Waals surface area contributed by atoms with Gasteiger partial charge in [0.25, 0.3) is 0 Å². The summed E-state index contributed by atoms with van der Waals surface area (Å²) in [6.07, 6.45) is 6.04. The molecule has 3 nitrogen and oxygen atoms in total. The largest absolute Gasteiger partial charge is 0.265 e. The first-order chi connectivity index (χ1) is 5.20. The highest BCUT2D eigenvalue weighted by Gasteiger charge is 2.08. The molecule has 0 saturated carbocycles. The molecule has 0 radical (unpaired) electrons. The Labute approximate surface area is 66.6 Å². The molecule has 0 rings (SSSR count). The smallest absolute Gasteiger partial charge is 0.210 e. The molecular weight excluding hydrogens is 142 g/mol. The Kier molecular flexibility index (Phi) is 5.07. The Morgan fingerprint density at radius 3 is 2.73 bits per heavy atom. The van der Waals surface area contributed by atoms with E-state index in [9.17, 15) is 10.1 Å².